The Morgan fingerprint density at radius 3 is 2.50 bits per heavy atom. The molecule has 24 heavy (non-hydrogen) atoms. The van der Waals surface area contributed by atoms with E-state index >= 15 is 0 Å². The molecule has 1 fully saturated rings. The fourth-order valence-corrected chi connectivity index (χ4v) is 4.12. The molecule has 0 unspecified atom stereocenters. The second-order valence-corrected chi connectivity index (χ2v) is 12.6. The summed E-state index contributed by atoms with van der Waals surface area (Å²) in [6.45, 7) is 12.5. The summed E-state index contributed by atoms with van der Waals surface area (Å²) in [6.07, 6.45) is -0.167. The van der Waals surface area contributed by atoms with Gasteiger partial charge in [-0.2, -0.15) is 0 Å². The van der Waals surface area contributed by atoms with Crippen LogP contribution in [0.1, 0.15) is 34.1 Å². The van der Waals surface area contributed by atoms with E-state index in [1.54, 1.807) is 0 Å². The number of hydrogen-bond acceptors (Lipinski definition) is 4. The largest absolute Gasteiger partial charge is 0.481 e. The first-order valence-corrected chi connectivity index (χ1v) is 11.0. The molecule has 9 heteroatoms. The summed E-state index contributed by atoms with van der Waals surface area (Å²) in [5.74, 6) is -2.46. The van der Waals surface area contributed by atoms with E-state index in [9.17, 15) is 14.7 Å². The van der Waals surface area contributed by atoms with Crippen LogP contribution < -0.4 is 5.32 Å². The SMILES string of the molecule is C[C@@H](O[Si](C)(C)C(C)(C)C)[C@H]1C(=O)N[C@@H]1[C@@H](CCN=[N+]=[N-])C(=O)O. The number of amides is 1. The molecule has 0 spiro atoms. The molecule has 0 aromatic carbocycles. The van der Waals surface area contributed by atoms with Crippen LogP contribution in [0.25, 0.3) is 10.4 Å². The Morgan fingerprint density at radius 2 is 2.08 bits per heavy atom. The molecule has 0 saturated carbocycles. The quantitative estimate of drug-likeness (QED) is 0.228. The summed E-state index contributed by atoms with van der Waals surface area (Å²) in [6, 6.07) is -0.497. The minimum Gasteiger partial charge on any atom is -0.481 e. The highest BCUT2D eigenvalue weighted by Crippen LogP contribution is 2.39. The van der Waals surface area contributed by atoms with Crippen LogP contribution in [0.3, 0.4) is 0 Å². The predicted octanol–water partition coefficient (Wildman–Crippen LogP) is 2.91. The molecule has 0 aromatic heterocycles. The van der Waals surface area contributed by atoms with Crippen LogP contribution in [0.5, 0.6) is 0 Å². The van der Waals surface area contributed by atoms with Crippen molar-refractivity contribution in [1.82, 2.24) is 5.32 Å². The summed E-state index contributed by atoms with van der Waals surface area (Å²) in [7, 11) is -2.06. The Bertz CT molecular complexity index is 540. The highest BCUT2D eigenvalue weighted by atomic mass is 28.4. The molecule has 0 bridgehead atoms. The average Bonchev–Trinajstić information content (AvgIpc) is 2.39. The molecule has 136 valence electrons. The first kappa shape index (κ1) is 20.5. The maximum atomic E-state index is 12.0. The van der Waals surface area contributed by atoms with Gasteiger partial charge in [0.05, 0.1) is 24.0 Å². The third-order valence-corrected chi connectivity index (χ3v) is 9.72. The number of carboxylic acids is 1. The molecule has 1 aliphatic heterocycles. The molecule has 0 radical (unpaired) electrons. The minimum absolute atomic E-state index is 0.00465. The predicted molar refractivity (Wildman–Crippen MR) is 92.9 cm³/mol. The third kappa shape index (κ3) is 4.49. The summed E-state index contributed by atoms with van der Waals surface area (Å²) in [5, 5.41) is 15.5. The second kappa shape index (κ2) is 7.54. The van der Waals surface area contributed by atoms with Crippen molar-refractivity contribution in [2.24, 2.45) is 17.0 Å². The highest BCUT2D eigenvalue weighted by Gasteiger charge is 2.51. The minimum atomic E-state index is -2.06. The lowest BCUT2D eigenvalue weighted by atomic mass is 9.77. The molecule has 4 atom stereocenters. The Hall–Kier alpha value is -1.57. The van der Waals surface area contributed by atoms with E-state index in [-0.39, 0.29) is 30.0 Å². The zero-order valence-corrected chi connectivity index (χ0v) is 16.2. The Balaban J connectivity index is 2.86. The number of azide groups is 1. The van der Waals surface area contributed by atoms with Gasteiger partial charge in [0.25, 0.3) is 0 Å². The molecule has 0 aromatic rings. The van der Waals surface area contributed by atoms with Gasteiger partial charge in [-0.1, -0.05) is 25.9 Å². The first-order valence-electron chi connectivity index (χ1n) is 8.14. The van der Waals surface area contributed by atoms with E-state index < -0.39 is 32.2 Å². The lowest BCUT2D eigenvalue weighted by molar-refractivity contribution is -0.152. The number of β-lactam (4-membered cyclic amide) rings is 1. The molecule has 2 N–H and O–H groups in total. The van der Waals surface area contributed by atoms with E-state index in [0.29, 0.717) is 0 Å². The van der Waals surface area contributed by atoms with Crippen LogP contribution in [0.2, 0.25) is 18.1 Å². The highest BCUT2D eigenvalue weighted by molar-refractivity contribution is 6.74. The molecule has 1 rings (SSSR count). The normalized spacial score (nSPS) is 23.5. The number of aliphatic carboxylic acids is 1. The van der Waals surface area contributed by atoms with E-state index in [0.717, 1.165) is 0 Å². The number of nitrogens with one attached hydrogen (secondary N) is 1. The van der Waals surface area contributed by atoms with Crippen molar-refractivity contribution in [3.05, 3.63) is 10.4 Å². The van der Waals surface area contributed by atoms with Gasteiger partial charge in [-0.3, -0.25) is 9.59 Å². The number of nitrogens with zero attached hydrogens (tertiary/aromatic N) is 3. The smallest absolute Gasteiger partial charge is 0.308 e. The van der Waals surface area contributed by atoms with E-state index in [1.165, 1.54) is 0 Å². The number of carboxylic acid groups (broad SMARTS) is 1. The van der Waals surface area contributed by atoms with Gasteiger partial charge in [0.2, 0.25) is 5.91 Å². The average molecular weight is 356 g/mol. The van der Waals surface area contributed by atoms with Crippen molar-refractivity contribution in [1.29, 1.82) is 0 Å². The van der Waals surface area contributed by atoms with Crippen LogP contribution in [0.4, 0.5) is 0 Å². The van der Waals surface area contributed by atoms with E-state index in [1.807, 2.05) is 6.92 Å². The Morgan fingerprint density at radius 1 is 1.50 bits per heavy atom. The topological polar surface area (TPSA) is 124 Å². The van der Waals surface area contributed by atoms with Crippen LogP contribution in [0.15, 0.2) is 5.11 Å². The summed E-state index contributed by atoms with van der Waals surface area (Å²) < 4.78 is 6.27. The van der Waals surface area contributed by atoms with Gasteiger partial charge in [-0.25, -0.2) is 0 Å². The van der Waals surface area contributed by atoms with Gasteiger partial charge in [-0.15, -0.1) is 0 Å². The van der Waals surface area contributed by atoms with Crippen LogP contribution in [-0.4, -0.2) is 44.0 Å². The number of carbonyl (C=O) groups excluding carboxylic acids is 1. The molecule has 1 saturated heterocycles. The lowest BCUT2D eigenvalue weighted by Gasteiger charge is -2.47. The van der Waals surface area contributed by atoms with E-state index in [2.05, 4.69) is 49.2 Å². The Labute approximate surface area is 143 Å². The van der Waals surface area contributed by atoms with Crippen molar-refractivity contribution < 1.29 is 19.1 Å². The van der Waals surface area contributed by atoms with Crippen molar-refractivity contribution in [2.75, 3.05) is 6.54 Å². The standard InChI is InChI=1S/C15H28N4O4Si/c1-9(23-24(5,6)15(2,3)4)11-12(18-13(11)20)10(14(21)22)7-8-17-19-16/h9-12H,7-8H2,1-6H3,(H,18,20)(H,21,22)/t9-,10-,11-,12-/m1/s1. The third-order valence-electron chi connectivity index (χ3n) is 5.15. The van der Waals surface area contributed by atoms with Gasteiger partial charge in [0.1, 0.15) is 0 Å². The summed E-state index contributed by atoms with van der Waals surface area (Å²) >= 11 is 0. The van der Waals surface area contributed by atoms with Gasteiger partial charge in [0.15, 0.2) is 8.32 Å². The molecule has 1 amide bonds. The molecular formula is C15H28N4O4Si. The number of rotatable bonds is 8. The fourth-order valence-electron chi connectivity index (χ4n) is 2.69. The molecular weight excluding hydrogens is 328 g/mol. The van der Waals surface area contributed by atoms with Crippen molar-refractivity contribution in [3.8, 4) is 0 Å². The molecule has 1 aliphatic rings. The Kier molecular flexibility index (Phi) is 6.43. The molecule has 1 heterocycles. The maximum absolute atomic E-state index is 12.0. The second-order valence-electron chi connectivity index (χ2n) is 7.83. The maximum Gasteiger partial charge on any atom is 0.308 e. The van der Waals surface area contributed by atoms with Gasteiger partial charge in [-0.05, 0) is 37.0 Å². The summed E-state index contributed by atoms with van der Waals surface area (Å²) in [5.41, 5.74) is 8.34. The van der Waals surface area contributed by atoms with Crippen LogP contribution in [0, 0.1) is 11.8 Å². The zero-order valence-electron chi connectivity index (χ0n) is 15.2. The van der Waals surface area contributed by atoms with Crippen molar-refractivity contribution >= 4 is 20.2 Å². The first-order chi connectivity index (χ1) is 10.9. The fraction of sp³-hybridized carbons (Fsp3) is 0.867. The van der Waals surface area contributed by atoms with Gasteiger partial charge >= 0.3 is 5.97 Å². The summed E-state index contributed by atoms with van der Waals surface area (Å²) in [4.78, 5) is 26.2. The van der Waals surface area contributed by atoms with Crippen LogP contribution in [-0.2, 0) is 14.0 Å². The monoisotopic (exact) mass is 356 g/mol. The number of hydrogen-bond donors (Lipinski definition) is 2. The molecule has 8 nitrogen and oxygen atoms in total. The van der Waals surface area contributed by atoms with Crippen molar-refractivity contribution in [3.63, 3.8) is 0 Å². The number of carbonyl (C=O) groups is 2. The van der Waals surface area contributed by atoms with Gasteiger partial charge < -0.3 is 14.8 Å². The molecule has 0 aliphatic carbocycles. The van der Waals surface area contributed by atoms with E-state index in [4.69, 9.17) is 9.96 Å². The zero-order chi connectivity index (χ0) is 18.7. The van der Waals surface area contributed by atoms with Crippen molar-refractivity contribution in [2.45, 2.75) is 64.4 Å². The van der Waals surface area contributed by atoms with Gasteiger partial charge in [0, 0.05) is 11.5 Å². The lowest BCUT2D eigenvalue weighted by Crippen LogP contribution is -2.67. The van der Waals surface area contributed by atoms with Crippen LogP contribution >= 0.6 is 0 Å².